The summed E-state index contributed by atoms with van der Waals surface area (Å²) in [6, 6.07) is 0. The standard InChI is InChI=1S/C7H14ClN/c1-9-6-7(5-8)3-2-4-7/h9H,2-6H2,1H3. The Morgan fingerprint density at radius 1 is 1.56 bits per heavy atom. The van der Waals surface area contributed by atoms with Crippen LogP contribution in [0.15, 0.2) is 0 Å². The molecule has 1 saturated carbocycles. The number of alkyl halides is 1. The molecule has 0 saturated heterocycles. The van der Waals surface area contributed by atoms with Crippen LogP contribution in [0.5, 0.6) is 0 Å². The number of rotatable bonds is 3. The lowest BCUT2D eigenvalue weighted by molar-refractivity contribution is 0.165. The Morgan fingerprint density at radius 3 is 2.33 bits per heavy atom. The van der Waals surface area contributed by atoms with Crippen LogP contribution in [0.1, 0.15) is 19.3 Å². The van der Waals surface area contributed by atoms with Crippen LogP contribution in [0.2, 0.25) is 0 Å². The van der Waals surface area contributed by atoms with Gasteiger partial charge in [-0.25, -0.2) is 0 Å². The Bertz CT molecular complexity index is 83.4. The van der Waals surface area contributed by atoms with Gasteiger partial charge >= 0.3 is 0 Å². The third-order valence-electron chi connectivity index (χ3n) is 2.25. The minimum absolute atomic E-state index is 0.469. The number of halogens is 1. The van der Waals surface area contributed by atoms with Crippen LogP contribution < -0.4 is 5.32 Å². The Morgan fingerprint density at radius 2 is 2.22 bits per heavy atom. The molecule has 1 rings (SSSR count). The maximum atomic E-state index is 5.80. The second kappa shape index (κ2) is 2.89. The smallest absolute Gasteiger partial charge is 0.0292 e. The fourth-order valence-corrected chi connectivity index (χ4v) is 1.77. The predicted octanol–water partition coefficient (Wildman–Crippen LogP) is 1.61. The summed E-state index contributed by atoms with van der Waals surface area (Å²) in [5.41, 5.74) is 0.469. The van der Waals surface area contributed by atoms with Crippen LogP contribution in [0.4, 0.5) is 0 Å². The van der Waals surface area contributed by atoms with Gasteiger partial charge in [0.15, 0.2) is 0 Å². The van der Waals surface area contributed by atoms with Gasteiger partial charge < -0.3 is 5.32 Å². The monoisotopic (exact) mass is 147 g/mol. The summed E-state index contributed by atoms with van der Waals surface area (Å²) in [5.74, 6) is 0.827. The number of hydrogen-bond donors (Lipinski definition) is 1. The van der Waals surface area contributed by atoms with Gasteiger partial charge in [0.05, 0.1) is 0 Å². The molecule has 0 aromatic carbocycles. The lowest BCUT2D eigenvalue weighted by Crippen LogP contribution is -2.40. The topological polar surface area (TPSA) is 12.0 Å². The molecular weight excluding hydrogens is 134 g/mol. The van der Waals surface area contributed by atoms with E-state index in [0.29, 0.717) is 5.41 Å². The van der Waals surface area contributed by atoms with Crippen molar-refractivity contribution in [1.82, 2.24) is 5.32 Å². The molecule has 2 heteroatoms. The van der Waals surface area contributed by atoms with Gasteiger partial charge in [0.1, 0.15) is 0 Å². The highest BCUT2D eigenvalue weighted by atomic mass is 35.5. The zero-order valence-corrected chi connectivity index (χ0v) is 6.67. The van der Waals surface area contributed by atoms with Crippen LogP contribution in [-0.4, -0.2) is 19.5 Å². The van der Waals surface area contributed by atoms with E-state index in [-0.39, 0.29) is 0 Å². The first kappa shape index (κ1) is 7.36. The van der Waals surface area contributed by atoms with E-state index in [1.165, 1.54) is 19.3 Å². The molecule has 1 nitrogen and oxygen atoms in total. The minimum atomic E-state index is 0.469. The van der Waals surface area contributed by atoms with E-state index < -0.39 is 0 Å². The third kappa shape index (κ3) is 1.39. The molecule has 0 unspecified atom stereocenters. The van der Waals surface area contributed by atoms with Crippen molar-refractivity contribution >= 4 is 11.6 Å². The van der Waals surface area contributed by atoms with E-state index in [1.807, 2.05) is 7.05 Å². The largest absolute Gasteiger partial charge is 0.319 e. The van der Waals surface area contributed by atoms with Gasteiger partial charge in [0, 0.05) is 12.4 Å². The summed E-state index contributed by atoms with van der Waals surface area (Å²) >= 11 is 5.80. The predicted molar refractivity (Wildman–Crippen MR) is 40.9 cm³/mol. The Kier molecular flexibility index (Phi) is 2.36. The van der Waals surface area contributed by atoms with E-state index in [0.717, 1.165) is 12.4 Å². The summed E-state index contributed by atoms with van der Waals surface area (Å²) < 4.78 is 0. The van der Waals surface area contributed by atoms with Crippen LogP contribution in [0.3, 0.4) is 0 Å². The third-order valence-corrected chi connectivity index (χ3v) is 2.82. The maximum absolute atomic E-state index is 5.80. The molecule has 0 spiro atoms. The molecule has 1 N–H and O–H groups in total. The number of hydrogen-bond acceptors (Lipinski definition) is 1. The summed E-state index contributed by atoms with van der Waals surface area (Å²) in [5, 5.41) is 3.18. The van der Waals surface area contributed by atoms with Gasteiger partial charge in [-0.1, -0.05) is 6.42 Å². The quantitative estimate of drug-likeness (QED) is 0.599. The molecule has 1 fully saturated rings. The summed E-state index contributed by atoms with van der Waals surface area (Å²) in [6.45, 7) is 1.09. The highest BCUT2D eigenvalue weighted by molar-refractivity contribution is 6.18. The van der Waals surface area contributed by atoms with E-state index in [1.54, 1.807) is 0 Å². The SMILES string of the molecule is CNCC1(CCl)CCC1. The molecule has 0 radical (unpaired) electrons. The fourth-order valence-electron chi connectivity index (χ4n) is 1.41. The zero-order valence-electron chi connectivity index (χ0n) is 5.91. The molecule has 54 valence electrons. The van der Waals surface area contributed by atoms with Crippen molar-refractivity contribution < 1.29 is 0 Å². The molecular formula is C7H14ClN. The average Bonchev–Trinajstić information content (AvgIpc) is 1.79. The van der Waals surface area contributed by atoms with Crippen molar-refractivity contribution in [2.75, 3.05) is 19.5 Å². The van der Waals surface area contributed by atoms with Gasteiger partial charge in [0.25, 0.3) is 0 Å². The van der Waals surface area contributed by atoms with Gasteiger partial charge in [-0.15, -0.1) is 11.6 Å². The van der Waals surface area contributed by atoms with Gasteiger partial charge in [-0.3, -0.25) is 0 Å². The van der Waals surface area contributed by atoms with E-state index in [2.05, 4.69) is 5.32 Å². The average molecular weight is 148 g/mol. The van der Waals surface area contributed by atoms with Crippen molar-refractivity contribution in [2.45, 2.75) is 19.3 Å². The van der Waals surface area contributed by atoms with Crippen LogP contribution in [-0.2, 0) is 0 Å². The fraction of sp³-hybridized carbons (Fsp3) is 1.00. The van der Waals surface area contributed by atoms with E-state index >= 15 is 0 Å². The lowest BCUT2D eigenvalue weighted by Gasteiger charge is -2.40. The molecule has 0 bridgehead atoms. The van der Waals surface area contributed by atoms with Crippen molar-refractivity contribution in [3.05, 3.63) is 0 Å². The van der Waals surface area contributed by atoms with Crippen molar-refractivity contribution in [2.24, 2.45) is 5.41 Å². The van der Waals surface area contributed by atoms with Crippen molar-refractivity contribution in [3.63, 3.8) is 0 Å². The molecule has 0 amide bonds. The number of nitrogens with one attached hydrogen (secondary N) is 1. The van der Waals surface area contributed by atoms with Crippen LogP contribution in [0, 0.1) is 5.41 Å². The molecule has 0 atom stereocenters. The van der Waals surface area contributed by atoms with E-state index in [4.69, 9.17) is 11.6 Å². The zero-order chi connectivity index (χ0) is 6.74. The Balaban J connectivity index is 2.28. The van der Waals surface area contributed by atoms with Crippen molar-refractivity contribution in [3.8, 4) is 0 Å². The lowest BCUT2D eigenvalue weighted by atomic mass is 9.70. The van der Waals surface area contributed by atoms with Crippen LogP contribution in [0.25, 0.3) is 0 Å². The second-order valence-electron chi connectivity index (χ2n) is 3.02. The minimum Gasteiger partial charge on any atom is -0.319 e. The first-order valence-electron chi connectivity index (χ1n) is 3.54. The van der Waals surface area contributed by atoms with Gasteiger partial charge in [0.2, 0.25) is 0 Å². The highest BCUT2D eigenvalue weighted by Gasteiger charge is 2.34. The van der Waals surface area contributed by atoms with Crippen LogP contribution >= 0.6 is 11.6 Å². The molecule has 1 aliphatic rings. The second-order valence-corrected chi connectivity index (χ2v) is 3.28. The first-order valence-corrected chi connectivity index (χ1v) is 4.07. The van der Waals surface area contributed by atoms with Gasteiger partial charge in [-0.05, 0) is 25.3 Å². The summed E-state index contributed by atoms with van der Waals surface area (Å²) in [6.07, 6.45) is 4.00. The molecule has 0 heterocycles. The molecule has 0 aromatic rings. The van der Waals surface area contributed by atoms with Crippen molar-refractivity contribution in [1.29, 1.82) is 0 Å². The maximum Gasteiger partial charge on any atom is 0.0292 e. The summed E-state index contributed by atoms with van der Waals surface area (Å²) in [4.78, 5) is 0. The molecule has 0 aliphatic heterocycles. The molecule has 0 aromatic heterocycles. The molecule has 9 heavy (non-hydrogen) atoms. The Hall–Kier alpha value is 0.250. The summed E-state index contributed by atoms with van der Waals surface area (Å²) in [7, 11) is 1.99. The Labute approximate surface area is 61.8 Å². The molecule has 1 aliphatic carbocycles. The first-order chi connectivity index (χ1) is 4.33. The highest BCUT2D eigenvalue weighted by Crippen LogP contribution is 2.40. The normalized spacial score (nSPS) is 23.3. The van der Waals surface area contributed by atoms with Gasteiger partial charge in [-0.2, -0.15) is 0 Å². The van der Waals surface area contributed by atoms with E-state index in [9.17, 15) is 0 Å².